The average molecular weight is 491 g/mol. The lowest BCUT2D eigenvalue weighted by atomic mass is 9.96. The summed E-state index contributed by atoms with van der Waals surface area (Å²) in [6.07, 6.45) is 1.14. The summed E-state index contributed by atoms with van der Waals surface area (Å²) >= 11 is 0.886. The highest BCUT2D eigenvalue weighted by atomic mass is 32.1. The monoisotopic (exact) mass is 490 g/mol. The maximum atomic E-state index is 13.3. The molecule has 2 aliphatic rings. The number of anilines is 1. The van der Waals surface area contributed by atoms with E-state index >= 15 is 0 Å². The van der Waals surface area contributed by atoms with Gasteiger partial charge in [0.2, 0.25) is 15.9 Å². The molecule has 0 unspecified atom stereocenters. The summed E-state index contributed by atoms with van der Waals surface area (Å²) in [6, 6.07) is 5.49. The Morgan fingerprint density at radius 1 is 1.09 bits per heavy atom. The number of halogens is 1. The van der Waals surface area contributed by atoms with Crippen molar-refractivity contribution in [1.29, 1.82) is 0 Å². The number of amides is 3. The predicted octanol–water partition coefficient (Wildman–Crippen LogP) is 1.23. The van der Waals surface area contributed by atoms with Gasteiger partial charge in [-0.05, 0) is 31.0 Å². The average Bonchev–Trinajstić information content (AvgIpc) is 3.35. The largest absolute Gasteiger partial charge is 0.379 e. The third-order valence-electron chi connectivity index (χ3n) is 5.87. The molecule has 2 N–H and O–H groups in total. The van der Waals surface area contributed by atoms with Gasteiger partial charge in [-0.2, -0.15) is 0 Å². The number of hydrogen-bond acceptors (Lipinski definition) is 8. The summed E-state index contributed by atoms with van der Waals surface area (Å²) in [6.45, 7) is 5.51. The number of carbonyl (C=O) groups excluding carboxylic acids is 3. The van der Waals surface area contributed by atoms with E-state index in [0.717, 1.165) is 44.2 Å². The fourth-order valence-electron chi connectivity index (χ4n) is 3.94. The molecule has 2 aliphatic heterocycles. The third kappa shape index (κ3) is 6.33. The van der Waals surface area contributed by atoms with Crippen molar-refractivity contribution in [3.8, 4) is 0 Å². The van der Waals surface area contributed by atoms with Gasteiger partial charge in [-0.1, -0.05) is 17.4 Å². The van der Waals surface area contributed by atoms with E-state index in [1.54, 1.807) is 11.0 Å². The van der Waals surface area contributed by atoms with Crippen LogP contribution in [0.3, 0.4) is 0 Å². The summed E-state index contributed by atoms with van der Waals surface area (Å²) in [7, 11) is 0. The van der Waals surface area contributed by atoms with E-state index in [9.17, 15) is 18.8 Å². The molecule has 10 nitrogen and oxygen atoms in total. The first-order valence-corrected chi connectivity index (χ1v) is 12.1. The molecular formula is C22H27FN6O4S. The fourth-order valence-corrected chi connectivity index (χ4v) is 4.65. The number of aromatic nitrogens is 2. The molecule has 0 atom stereocenters. The number of hydrogen-bond donors (Lipinski definition) is 2. The number of nitrogens with one attached hydrogen (secondary N) is 2. The number of ether oxygens (including phenoxy) is 1. The zero-order valence-corrected chi connectivity index (χ0v) is 19.5. The van der Waals surface area contributed by atoms with E-state index in [4.69, 9.17) is 4.74 Å². The van der Waals surface area contributed by atoms with Crippen LogP contribution in [-0.4, -0.2) is 90.2 Å². The van der Waals surface area contributed by atoms with Crippen LogP contribution < -0.4 is 10.6 Å². The van der Waals surface area contributed by atoms with Crippen molar-refractivity contribution >= 4 is 34.7 Å². The van der Waals surface area contributed by atoms with Crippen molar-refractivity contribution in [2.45, 2.75) is 12.8 Å². The maximum absolute atomic E-state index is 13.3. The molecule has 3 heterocycles. The molecule has 34 heavy (non-hydrogen) atoms. The molecule has 0 spiro atoms. The molecule has 2 aromatic rings. The van der Waals surface area contributed by atoms with Crippen LogP contribution in [0.1, 0.15) is 32.4 Å². The van der Waals surface area contributed by atoms with E-state index < -0.39 is 11.7 Å². The molecule has 3 amide bonds. The van der Waals surface area contributed by atoms with Gasteiger partial charge in [0.15, 0.2) is 0 Å². The molecule has 2 fully saturated rings. The SMILES string of the molecule is O=C(Nc1cccc(F)c1)c1nnc(C(=O)N2CCC(C(=O)NCCN3CCOCC3)CC2)s1. The Hall–Kier alpha value is -2.96. The fraction of sp³-hybridized carbons (Fsp3) is 0.500. The van der Waals surface area contributed by atoms with Gasteiger partial charge in [-0.3, -0.25) is 19.3 Å². The number of morpholine rings is 1. The minimum Gasteiger partial charge on any atom is -0.379 e. The highest BCUT2D eigenvalue weighted by molar-refractivity contribution is 7.15. The zero-order chi connectivity index (χ0) is 23.9. The van der Waals surface area contributed by atoms with Crippen LogP contribution in [-0.2, 0) is 9.53 Å². The number of carbonyl (C=O) groups is 3. The highest BCUT2D eigenvalue weighted by Crippen LogP contribution is 2.21. The Bertz CT molecular complexity index is 1020. The lowest BCUT2D eigenvalue weighted by Crippen LogP contribution is -2.45. The summed E-state index contributed by atoms with van der Waals surface area (Å²) in [5.41, 5.74) is 0.290. The molecule has 1 aromatic carbocycles. The quantitative estimate of drug-likeness (QED) is 0.600. The standard InChI is InChI=1S/C22H27FN6O4S/c23-16-2-1-3-17(14-16)25-19(31)20-26-27-21(34-20)22(32)29-7-4-15(5-8-29)18(30)24-6-9-28-10-12-33-13-11-28/h1-3,14-15H,4-13H2,(H,24,30)(H,25,31). The second-order valence-corrected chi connectivity index (χ2v) is 9.17. The molecule has 12 heteroatoms. The Balaban J connectivity index is 1.22. The van der Waals surface area contributed by atoms with Gasteiger partial charge in [0.05, 0.1) is 13.2 Å². The Morgan fingerprint density at radius 2 is 1.82 bits per heavy atom. The topological polar surface area (TPSA) is 117 Å². The van der Waals surface area contributed by atoms with Gasteiger partial charge in [-0.15, -0.1) is 10.2 Å². The van der Waals surface area contributed by atoms with Crippen LogP contribution >= 0.6 is 11.3 Å². The zero-order valence-electron chi connectivity index (χ0n) is 18.7. The normalized spacial score (nSPS) is 17.4. The predicted molar refractivity (Wildman–Crippen MR) is 123 cm³/mol. The first-order chi connectivity index (χ1) is 16.5. The molecule has 182 valence electrons. The lowest BCUT2D eigenvalue weighted by Gasteiger charge is -2.31. The van der Waals surface area contributed by atoms with Gasteiger partial charge >= 0.3 is 0 Å². The van der Waals surface area contributed by atoms with Crippen LogP contribution in [0.4, 0.5) is 10.1 Å². The van der Waals surface area contributed by atoms with Crippen molar-refractivity contribution in [2.75, 3.05) is 57.8 Å². The van der Waals surface area contributed by atoms with Crippen molar-refractivity contribution in [1.82, 2.24) is 25.3 Å². The van der Waals surface area contributed by atoms with Crippen molar-refractivity contribution in [2.24, 2.45) is 5.92 Å². The highest BCUT2D eigenvalue weighted by Gasteiger charge is 2.30. The Kier molecular flexibility index (Phi) is 8.14. The lowest BCUT2D eigenvalue weighted by molar-refractivity contribution is -0.126. The molecular weight excluding hydrogens is 463 g/mol. The first kappa shape index (κ1) is 24.2. The van der Waals surface area contributed by atoms with E-state index in [1.807, 2.05) is 0 Å². The van der Waals surface area contributed by atoms with E-state index in [-0.39, 0.29) is 27.7 Å². The minimum absolute atomic E-state index is 0.0159. The van der Waals surface area contributed by atoms with Crippen LogP contribution in [0.5, 0.6) is 0 Å². The van der Waals surface area contributed by atoms with E-state index in [2.05, 4.69) is 25.7 Å². The van der Waals surface area contributed by atoms with Crippen LogP contribution in [0.15, 0.2) is 24.3 Å². The summed E-state index contributed by atoms with van der Waals surface area (Å²) in [4.78, 5) is 41.5. The molecule has 0 aliphatic carbocycles. The van der Waals surface area contributed by atoms with Gasteiger partial charge in [-0.25, -0.2) is 4.39 Å². The van der Waals surface area contributed by atoms with Crippen LogP contribution in [0, 0.1) is 11.7 Å². The van der Waals surface area contributed by atoms with Gasteiger partial charge < -0.3 is 20.3 Å². The smallest absolute Gasteiger partial charge is 0.286 e. The van der Waals surface area contributed by atoms with Crippen LogP contribution in [0.2, 0.25) is 0 Å². The first-order valence-electron chi connectivity index (χ1n) is 11.3. The molecule has 4 rings (SSSR count). The van der Waals surface area contributed by atoms with Gasteiger partial charge in [0, 0.05) is 50.9 Å². The van der Waals surface area contributed by atoms with E-state index in [0.29, 0.717) is 38.2 Å². The van der Waals surface area contributed by atoms with Crippen molar-refractivity contribution < 1.29 is 23.5 Å². The third-order valence-corrected chi connectivity index (χ3v) is 6.78. The summed E-state index contributed by atoms with van der Waals surface area (Å²) in [5.74, 6) is -1.45. The molecule has 0 saturated carbocycles. The van der Waals surface area contributed by atoms with Crippen LogP contribution in [0.25, 0.3) is 0 Å². The van der Waals surface area contributed by atoms with E-state index in [1.165, 1.54) is 18.2 Å². The van der Waals surface area contributed by atoms with Crippen molar-refractivity contribution in [3.63, 3.8) is 0 Å². The number of likely N-dealkylation sites (tertiary alicyclic amines) is 1. The molecule has 0 radical (unpaired) electrons. The molecule has 1 aromatic heterocycles. The number of piperidine rings is 1. The van der Waals surface area contributed by atoms with Gasteiger partial charge in [0.1, 0.15) is 5.82 Å². The molecule has 2 saturated heterocycles. The number of rotatable bonds is 7. The summed E-state index contributed by atoms with van der Waals surface area (Å²) < 4.78 is 18.6. The maximum Gasteiger partial charge on any atom is 0.286 e. The number of benzene rings is 1. The second kappa shape index (κ2) is 11.4. The Morgan fingerprint density at radius 3 is 2.56 bits per heavy atom. The molecule has 0 bridgehead atoms. The van der Waals surface area contributed by atoms with Crippen molar-refractivity contribution in [3.05, 3.63) is 40.1 Å². The minimum atomic E-state index is -0.561. The summed E-state index contributed by atoms with van der Waals surface area (Å²) in [5, 5.41) is 13.3. The Labute approximate surface area is 200 Å². The second-order valence-electron chi connectivity index (χ2n) is 8.19. The number of nitrogens with zero attached hydrogens (tertiary/aromatic N) is 4. The van der Waals surface area contributed by atoms with Gasteiger partial charge in [0.25, 0.3) is 11.8 Å².